The van der Waals surface area contributed by atoms with Crippen LogP contribution in [0.25, 0.3) is 0 Å². The van der Waals surface area contributed by atoms with E-state index in [0.717, 1.165) is 18.4 Å². The Morgan fingerprint density at radius 2 is 2.23 bits per heavy atom. The van der Waals surface area contributed by atoms with Crippen molar-refractivity contribution in [1.29, 1.82) is 0 Å². The second kappa shape index (κ2) is 5.61. The van der Waals surface area contributed by atoms with Crippen molar-refractivity contribution in [2.75, 3.05) is 12.3 Å². The van der Waals surface area contributed by atoms with Crippen molar-refractivity contribution in [3.8, 4) is 0 Å². The summed E-state index contributed by atoms with van der Waals surface area (Å²) in [5, 5.41) is 4.78. The molecule has 0 aliphatic carbocycles. The summed E-state index contributed by atoms with van der Waals surface area (Å²) in [4.78, 5) is 18.8. The molecule has 7 heteroatoms. The van der Waals surface area contributed by atoms with Crippen molar-refractivity contribution >= 4 is 23.5 Å². The third-order valence-electron chi connectivity index (χ3n) is 3.98. The molecule has 116 valence electrons. The van der Waals surface area contributed by atoms with Crippen molar-refractivity contribution in [2.45, 2.75) is 25.8 Å². The number of benzene rings is 1. The lowest BCUT2D eigenvalue weighted by molar-refractivity contribution is 0.0730. The average molecular weight is 320 g/mol. The summed E-state index contributed by atoms with van der Waals surface area (Å²) < 4.78 is 1.52. The van der Waals surface area contributed by atoms with E-state index < -0.39 is 0 Å². The second-order valence-electron chi connectivity index (χ2n) is 5.59. The summed E-state index contributed by atoms with van der Waals surface area (Å²) in [6.07, 6.45) is 1.75. The molecule has 1 fully saturated rings. The van der Waals surface area contributed by atoms with Crippen LogP contribution < -0.4 is 5.73 Å². The molecular formula is C15H18ClN5O. The Morgan fingerprint density at radius 1 is 1.45 bits per heavy atom. The quantitative estimate of drug-likeness (QED) is 0.921. The van der Waals surface area contributed by atoms with Gasteiger partial charge in [-0.2, -0.15) is 10.1 Å². The van der Waals surface area contributed by atoms with E-state index in [0.29, 0.717) is 28.9 Å². The van der Waals surface area contributed by atoms with Gasteiger partial charge in [-0.05, 0) is 37.5 Å². The van der Waals surface area contributed by atoms with Crippen LogP contribution in [0, 0.1) is 6.92 Å². The van der Waals surface area contributed by atoms with Gasteiger partial charge in [-0.25, -0.2) is 4.68 Å². The summed E-state index contributed by atoms with van der Waals surface area (Å²) in [5.41, 5.74) is 7.29. The predicted molar refractivity (Wildman–Crippen MR) is 84.6 cm³/mol. The van der Waals surface area contributed by atoms with Gasteiger partial charge < -0.3 is 10.6 Å². The number of nitrogen functional groups attached to an aromatic ring is 1. The van der Waals surface area contributed by atoms with Gasteiger partial charge in [0.15, 0.2) is 5.82 Å². The topological polar surface area (TPSA) is 77.0 Å². The minimum absolute atomic E-state index is 0.0847. The van der Waals surface area contributed by atoms with E-state index in [2.05, 4.69) is 10.1 Å². The van der Waals surface area contributed by atoms with Gasteiger partial charge in [-0.1, -0.05) is 17.7 Å². The first-order valence-electron chi connectivity index (χ1n) is 7.21. The monoisotopic (exact) mass is 319 g/mol. The maximum absolute atomic E-state index is 12.8. The van der Waals surface area contributed by atoms with E-state index in [1.807, 2.05) is 13.0 Å². The fourth-order valence-corrected chi connectivity index (χ4v) is 3.10. The fraction of sp³-hybridized carbons (Fsp3) is 0.400. The van der Waals surface area contributed by atoms with Crippen molar-refractivity contribution < 1.29 is 4.79 Å². The van der Waals surface area contributed by atoms with Gasteiger partial charge in [0.05, 0.1) is 16.6 Å². The van der Waals surface area contributed by atoms with Crippen LogP contribution in [0.15, 0.2) is 18.2 Å². The standard InChI is InChI=1S/C15H18ClN5O/c1-9-5-6-10(11(16)8-9)14(22)21-7-3-4-12(21)13-18-15(17)20(2)19-13/h5-6,8,12H,3-4,7H2,1-2H3,(H2,17,18,19)/t12-/m1/s1. The summed E-state index contributed by atoms with van der Waals surface area (Å²) in [6, 6.07) is 5.32. The molecule has 2 N–H and O–H groups in total. The zero-order valence-electron chi connectivity index (χ0n) is 12.6. The summed E-state index contributed by atoms with van der Waals surface area (Å²) in [6.45, 7) is 2.62. The van der Waals surface area contributed by atoms with Gasteiger partial charge in [0.1, 0.15) is 0 Å². The van der Waals surface area contributed by atoms with Crippen LogP contribution in [-0.2, 0) is 7.05 Å². The molecule has 1 amide bonds. The van der Waals surface area contributed by atoms with Crippen molar-refractivity contribution in [3.63, 3.8) is 0 Å². The molecule has 1 aromatic heterocycles. The maximum Gasteiger partial charge on any atom is 0.255 e. The number of aromatic nitrogens is 3. The second-order valence-corrected chi connectivity index (χ2v) is 6.00. The zero-order chi connectivity index (χ0) is 15.9. The Bertz CT molecular complexity index is 707. The average Bonchev–Trinajstić information content (AvgIpc) is 3.06. The molecule has 1 saturated heterocycles. The SMILES string of the molecule is Cc1ccc(C(=O)N2CCC[C@@H]2c2nc(N)n(C)n2)c(Cl)c1. The minimum Gasteiger partial charge on any atom is -0.368 e. The smallest absolute Gasteiger partial charge is 0.255 e. The van der Waals surface area contributed by atoms with E-state index in [1.165, 1.54) is 4.68 Å². The van der Waals surface area contributed by atoms with Crippen molar-refractivity contribution in [3.05, 3.63) is 40.2 Å². The van der Waals surface area contributed by atoms with Gasteiger partial charge in [-0.3, -0.25) is 4.79 Å². The van der Waals surface area contributed by atoms with Gasteiger partial charge in [0.25, 0.3) is 5.91 Å². The fourth-order valence-electron chi connectivity index (χ4n) is 2.78. The molecule has 1 atom stereocenters. The number of aryl methyl sites for hydroxylation is 2. The molecule has 0 radical (unpaired) electrons. The van der Waals surface area contributed by atoms with Crippen molar-refractivity contribution in [1.82, 2.24) is 19.7 Å². The van der Waals surface area contributed by atoms with E-state index in [4.69, 9.17) is 17.3 Å². The number of rotatable bonds is 2. The highest BCUT2D eigenvalue weighted by Gasteiger charge is 2.34. The van der Waals surface area contributed by atoms with Crippen LogP contribution in [0.1, 0.15) is 40.6 Å². The van der Waals surface area contributed by atoms with E-state index >= 15 is 0 Å². The van der Waals surface area contributed by atoms with Crippen LogP contribution in [0.5, 0.6) is 0 Å². The molecule has 6 nitrogen and oxygen atoms in total. The van der Waals surface area contributed by atoms with Crippen LogP contribution in [0.3, 0.4) is 0 Å². The molecule has 0 spiro atoms. The number of nitrogens with zero attached hydrogens (tertiary/aromatic N) is 4. The first kappa shape index (κ1) is 14.8. The molecule has 1 aromatic carbocycles. The van der Waals surface area contributed by atoms with Crippen LogP contribution in [0.4, 0.5) is 5.95 Å². The number of amides is 1. The molecule has 22 heavy (non-hydrogen) atoms. The number of anilines is 1. The number of hydrogen-bond donors (Lipinski definition) is 1. The predicted octanol–water partition coefficient (Wildman–Crippen LogP) is 2.34. The van der Waals surface area contributed by atoms with E-state index in [-0.39, 0.29) is 11.9 Å². The van der Waals surface area contributed by atoms with Gasteiger partial charge in [0.2, 0.25) is 5.95 Å². The van der Waals surface area contributed by atoms with Gasteiger partial charge >= 0.3 is 0 Å². The molecule has 1 aliphatic heterocycles. The van der Waals surface area contributed by atoms with Crippen LogP contribution >= 0.6 is 11.6 Å². The van der Waals surface area contributed by atoms with Gasteiger partial charge in [-0.15, -0.1) is 0 Å². The largest absolute Gasteiger partial charge is 0.368 e. The molecule has 2 heterocycles. The first-order valence-corrected chi connectivity index (χ1v) is 7.58. The number of likely N-dealkylation sites (tertiary alicyclic amines) is 1. The van der Waals surface area contributed by atoms with Crippen LogP contribution in [-0.4, -0.2) is 32.1 Å². The minimum atomic E-state index is -0.145. The summed E-state index contributed by atoms with van der Waals surface area (Å²) in [5.74, 6) is 0.857. The molecule has 0 unspecified atom stereocenters. The highest BCUT2D eigenvalue weighted by Crippen LogP contribution is 2.33. The lowest BCUT2D eigenvalue weighted by Gasteiger charge is -2.23. The number of hydrogen-bond acceptors (Lipinski definition) is 4. The summed E-state index contributed by atoms with van der Waals surface area (Å²) >= 11 is 6.22. The zero-order valence-corrected chi connectivity index (χ0v) is 13.3. The third-order valence-corrected chi connectivity index (χ3v) is 4.29. The Balaban J connectivity index is 1.91. The molecule has 2 aromatic rings. The highest BCUT2D eigenvalue weighted by atomic mass is 35.5. The maximum atomic E-state index is 12.8. The third kappa shape index (κ3) is 2.54. The Kier molecular flexibility index (Phi) is 3.78. The molecular weight excluding hydrogens is 302 g/mol. The number of carbonyl (C=O) groups is 1. The Labute approximate surface area is 133 Å². The Morgan fingerprint density at radius 3 is 2.86 bits per heavy atom. The molecule has 3 rings (SSSR count). The lowest BCUT2D eigenvalue weighted by atomic mass is 10.1. The van der Waals surface area contributed by atoms with E-state index in [1.54, 1.807) is 24.1 Å². The number of halogens is 1. The Hall–Kier alpha value is -2.08. The normalized spacial score (nSPS) is 18.0. The van der Waals surface area contributed by atoms with Gasteiger partial charge in [0, 0.05) is 13.6 Å². The molecule has 0 bridgehead atoms. The lowest BCUT2D eigenvalue weighted by Crippen LogP contribution is -2.31. The molecule has 0 saturated carbocycles. The summed E-state index contributed by atoms with van der Waals surface area (Å²) in [7, 11) is 1.74. The molecule has 1 aliphatic rings. The van der Waals surface area contributed by atoms with Crippen LogP contribution in [0.2, 0.25) is 5.02 Å². The first-order chi connectivity index (χ1) is 10.5. The number of nitrogens with two attached hydrogens (primary N) is 1. The highest BCUT2D eigenvalue weighted by molar-refractivity contribution is 6.33. The number of carbonyl (C=O) groups excluding carboxylic acids is 1. The van der Waals surface area contributed by atoms with Crippen molar-refractivity contribution in [2.24, 2.45) is 7.05 Å². The van der Waals surface area contributed by atoms with E-state index in [9.17, 15) is 4.79 Å².